The van der Waals surface area contributed by atoms with Crippen molar-refractivity contribution in [3.8, 4) is 0 Å². The predicted octanol–water partition coefficient (Wildman–Crippen LogP) is 12.4. The van der Waals surface area contributed by atoms with Crippen LogP contribution in [0.2, 0.25) is 0 Å². The van der Waals surface area contributed by atoms with E-state index in [-0.39, 0.29) is 37.5 Å². The summed E-state index contributed by atoms with van der Waals surface area (Å²) in [5, 5.41) is 0. The van der Waals surface area contributed by atoms with E-state index in [2.05, 4.69) is 93.7 Å². The van der Waals surface area contributed by atoms with Gasteiger partial charge in [0.1, 0.15) is 13.2 Å². The van der Waals surface area contributed by atoms with E-state index in [1.165, 1.54) is 12.8 Å². The second-order valence-electron chi connectivity index (χ2n) is 12.8. The lowest BCUT2D eigenvalue weighted by atomic mass is 10.1. The van der Waals surface area contributed by atoms with Crippen molar-refractivity contribution in [2.45, 2.75) is 175 Å². The van der Waals surface area contributed by atoms with Crippen molar-refractivity contribution >= 4 is 17.9 Å². The molecule has 0 radical (unpaired) electrons. The summed E-state index contributed by atoms with van der Waals surface area (Å²) >= 11 is 0. The lowest BCUT2D eigenvalue weighted by Gasteiger charge is -2.18. The summed E-state index contributed by atoms with van der Waals surface area (Å²) in [5.41, 5.74) is 0. The van der Waals surface area contributed by atoms with Gasteiger partial charge in [-0.05, 0) is 89.9 Å². The first kappa shape index (κ1) is 46.9. The van der Waals surface area contributed by atoms with Crippen molar-refractivity contribution in [3.63, 3.8) is 0 Å². The first-order valence-electron chi connectivity index (χ1n) is 20.0. The highest BCUT2D eigenvalue weighted by Crippen LogP contribution is 2.11. The van der Waals surface area contributed by atoms with E-state index in [9.17, 15) is 14.4 Å². The fourth-order valence-electron chi connectivity index (χ4n) is 4.96. The second-order valence-corrected chi connectivity index (χ2v) is 12.8. The first-order chi connectivity index (χ1) is 24.5. The Morgan fingerprint density at radius 2 is 0.840 bits per heavy atom. The van der Waals surface area contributed by atoms with Crippen molar-refractivity contribution in [1.29, 1.82) is 0 Å². The Balaban J connectivity index is 4.49. The maximum Gasteiger partial charge on any atom is 0.306 e. The molecular weight excluding hydrogens is 624 g/mol. The molecule has 0 aromatic carbocycles. The minimum atomic E-state index is -0.803. The maximum atomic E-state index is 12.6. The first-order valence-corrected chi connectivity index (χ1v) is 20.0. The van der Waals surface area contributed by atoms with Gasteiger partial charge in [-0.15, -0.1) is 0 Å². The number of allylic oxidation sites excluding steroid dienone is 12. The van der Waals surface area contributed by atoms with Gasteiger partial charge in [-0.3, -0.25) is 14.4 Å². The molecule has 0 saturated carbocycles. The number of unbranched alkanes of at least 4 members (excludes halogenated alkanes) is 12. The number of carbonyl (C=O) groups excluding carboxylic acids is 3. The molecule has 0 aliphatic heterocycles. The number of esters is 3. The SMILES string of the molecule is CC/C=C\C/C=C\CCCCCCCC(=O)OCC(COC(=O)CCCC/C=C\C/C=C\CC)OC(=O)CCCCC/C=C\C=C/CCCC. The molecule has 0 saturated heterocycles. The highest BCUT2D eigenvalue weighted by atomic mass is 16.6. The van der Waals surface area contributed by atoms with Crippen molar-refractivity contribution in [1.82, 2.24) is 0 Å². The highest BCUT2D eigenvalue weighted by Gasteiger charge is 2.19. The molecule has 284 valence electrons. The number of hydrogen-bond acceptors (Lipinski definition) is 6. The average Bonchev–Trinajstić information content (AvgIpc) is 3.11. The molecule has 0 spiro atoms. The zero-order valence-corrected chi connectivity index (χ0v) is 32.1. The molecule has 0 heterocycles. The predicted molar refractivity (Wildman–Crippen MR) is 210 cm³/mol. The molecule has 50 heavy (non-hydrogen) atoms. The zero-order chi connectivity index (χ0) is 36.6. The number of rotatable bonds is 34. The molecule has 0 aliphatic rings. The molecule has 0 aliphatic carbocycles. The number of ether oxygens (including phenoxy) is 3. The van der Waals surface area contributed by atoms with Crippen LogP contribution in [0.15, 0.2) is 72.9 Å². The van der Waals surface area contributed by atoms with Crippen LogP contribution in [0.1, 0.15) is 168 Å². The Morgan fingerprint density at radius 1 is 0.440 bits per heavy atom. The van der Waals surface area contributed by atoms with E-state index in [4.69, 9.17) is 14.2 Å². The van der Waals surface area contributed by atoms with Crippen LogP contribution in [-0.2, 0) is 28.6 Å². The summed E-state index contributed by atoms with van der Waals surface area (Å²) in [6, 6.07) is 0. The average molecular weight is 697 g/mol. The molecule has 0 aromatic heterocycles. The van der Waals surface area contributed by atoms with E-state index in [0.717, 1.165) is 116 Å². The largest absolute Gasteiger partial charge is 0.462 e. The summed E-state index contributed by atoms with van der Waals surface area (Å²) in [6.45, 7) is 6.24. The van der Waals surface area contributed by atoms with Gasteiger partial charge in [-0.25, -0.2) is 0 Å². The fraction of sp³-hybridized carbons (Fsp3) is 0.659. The van der Waals surface area contributed by atoms with Crippen LogP contribution >= 0.6 is 0 Å². The minimum absolute atomic E-state index is 0.106. The van der Waals surface area contributed by atoms with Gasteiger partial charge in [-0.2, -0.15) is 0 Å². The van der Waals surface area contributed by atoms with E-state index >= 15 is 0 Å². The summed E-state index contributed by atoms with van der Waals surface area (Å²) in [7, 11) is 0. The lowest BCUT2D eigenvalue weighted by molar-refractivity contribution is -0.167. The minimum Gasteiger partial charge on any atom is -0.462 e. The van der Waals surface area contributed by atoms with Crippen LogP contribution in [0, 0.1) is 0 Å². The quantitative estimate of drug-likeness (QED) is 0.0219. The van der Waals surface area contributed by atoms with E-state index < -0.39 is 6.10 Å². The van der Waals surface area contributed by atoms with Crippen LogP contribution in [-0.4, -0.2) is 37.2 Å². The van der Waals surface area contributed by atoms with Crippen LogP contribution < -0.4 is 0 Å². The summed E-state index contributed by atoms with van der Waals surface area (Å²) in [6.07, 6.45) is 46.1. The smallest absolute Gasteiger partial charge is 0.306 e. The normalized spacial score (nSPS) is 12.8. The maximum absolute atomic E-state index is 12.6. The fourth-order valence-corrected chi connectivity index (χ4v) is 4.96. The van der Waals surface area contributed by atoms with Crippen LogP contribution in [0.5, 0.6) is 0 Å². The number of hydrogen-bond donors (Lipinski definition) is 0. The molecule has 0 aromatic rings. The summed E-state index contributed by atoms with van der Waals surface area (Å²) in [5.74, 6) is -0.999. The molecule has 0 N–H and O–H groups in total. The Bertz CT molecular complexity index is 986. The lowest BCUT2D eigenvalue weighted by Crippen LogP contribution is -2.30. The van der Waals surface area contributed by atoms with E-state index in [1.54, 1.807) is 0 Å². The topological polar surface area (TPSA) is 78.9 Å². The Morgan fingerprint density at radius 3 is 1.38 bits per heavy atom. The second kappa shape index (κ2) is 38.6. The van der Waals surface area contributed by atoms with Crippen molar-refractivity contribution in [2.24, 2.45) is 0 Å². The Kier molecular flexibility index (Phi) is 36.2. The van der Waals surface area contributed by atoms with Crippen molar-refractivity contribution in [2.75, 3.05) is 13.2 Å². The van der Waals surface area contributed by atoms with Crippen LogP contribution in [0.4, 0.5) is 0 Å². The van der Waals surface area contributed by atoms with Crippen molar-refractivity contribution < 1.29 is 28.6 Å². The standard InChI is InChI=1S/C44H72O6/c1-4-7-10-13-16-19-21-23-25-28-31-34-37-43(46)49-40-41(39-48-42(45)36-33-30-27-24-18-15-12-9-6-3)50-44(47)38-35-32-29-26-22-20-17-14-11-8-5-2/h7,9-10,12,14,16-20,22,24,41H,4-6,8,11,13,15,21,23,25-40H2,1-3H3/b10-7-,12-9-,17-14-,19-16-,22-20-,24-18-. The van der Waals surface area contributed by atoms with E-state index in [1.807, 2.05) is 0 Å². The molecule has 1 atom stereocenters. The monoisotopic (exact) mass is 697 g/mol. The van der Waals surface area contributed by atoms with E-state index in [0.29, 0.717) is 12.8 Å². The van der Waals surface area contributed by atoms with Gasteiger partial charge in [0.15, 0.2) is 6.10 Å². The van der Waals surface area contributed by atoms with Gasteiger partial charge < -0.3 is 14.2 Å². The molecule has 1 unspecified atom stereocenters. The third-order valence-corrected chi connectivity index (χ3v) is 7.95. The molecule has 0 rings (SSSR count). The molecule has 6 nitrogen and oxygen atoms in total. The Hall–Kier alpha value is -3.15. The van der Waals surface area contributed by atoms with Gasteiger partial charge in [0.2, 0.25) is 0 Å². The molecule has 0 bridgehead atoms. The van der Waals surface area contributed by atoms with Gasteiger partial charge >= 0.3 is 17.9 Å². The highest BCUT2D eigenvalue weighted by molar-refractivity contribution is 5.71. The Labute approximate surface area is 306 Å². The van der Waals surface area contributed by atoms with Crippen LogP contribution in [0.3, 0.4) is 0 Å². The van der Waals surface area contributed by atoms with Crippen LogP contribution in [0.25, 0.3) is 0 Å². The molecular formula is C44H72O6. The van der Waals surface area contributed by atoms with Gasteiger partial charge in [0.25, 0.3) is 0 Å². The zero-order valence-electron chi connectivity index (χ0n) is 32.1. The number of carbonyl (C=O) groups is 3. The van der Waals surface area contributed by atoms with Gasteiger partial charge in [-0.1, -0.05) is 132 Å². The molecule has 0 fully saturated rings. The van der Waals surface area contributed by atoms with Gasteiger partial charge in [0, 0.05) is 19.3 Å². The summed E-state index contributed by atoms with van der Waals surface area (Å²) in [4.78, 5) is 37.4. The third kappa shape index (κ3) is 36.1. The van der Waals surface area contributed by atoms with Crippen molar-refractivity contribution in [3.05, 3.63) is 72.9 Å². The third-order valence-electron chi connectivity index (χ3n) is 7.95. The molecule has 0 amide bonds. The molecule has 6 heteroatoms. The van der Waals surface area contributed by atoms with Gasteiger partial charge in [0.05, 0.1) is 0 Å². The summed E-state index contributed by atoms with van der Waals surface area (Å²) < 4.78 is 16.5.